The van der Waals surface area contributed by atoms with Crippen LogP contribution in [-0.2, 0) is 9.53 Å². The largest absolute Gasteiger partial charge is 0.455 e. The first-order chi connectivity index (χ1) is 6.27. The number of hydrogen-bond donors (Lipinski definition) is 1. The molecule has 1 aliphatic heterocycles. The second-order valence-electron chi connectivity index (χ2n) is 3.09. The molecular weight excluding hydrogens is 168 g/mol. The summed E-state index contributed by atoms with van der Waals surface area (Å²) in [6, 6.07) is 9.27. The maximum atomic E-state index is 10.9. The van der Waals surface area contributed by atoms with Crippen LogP contribution in [0.15, 0.2) is 30.3 Å². The molecule has 2 rings (SSSR count). The van der Waals surface area contributed by atoms with Gasteiger partial charge >= 0.3 is 5.97 Å². The molecule has 1 aliphatic rings. The number of hydrogen-bond acceptors (Lipinski definition) is 3. The number of esters is 1. The van der Waals surface area contributed by atoms with Crippen LogP contribution in [0.5, 0.6) is 0 Å². The van der Waals surface area contributed by atoms with Crippen molar-refractivity contribution in [3.8, 4) is 0 Å². The van der Waals surface area contributed by atoms with E-state index in [1.54, 1.807) is 0 Å². The van der Waals surface area contributed by atoms with Crippen molar-refractivity contribution in [2.45, 2.75) is 18.6 Å². The van der Waals surface area contributed by atoms with E-state index in [1.165, 1.54) is 0 Å². The van der Waals surface area contributed by atoms with Crippen LogP contribution < -0.4 is 0 Å². The zero-order valence-electron chi connectivity index (χ0n) is 7.01. The van der Waals surface area contributed by atoms with Crippen molar-refractivity contribution in [3.05, 3.63) is 35.9 Å². The topological polar surface area (TPSA) is 46.5 Å². The van der Waals surface area contributed by atoms with Crippen molar-refractivity contribution in [1.82, 2.24) is 0 Å². The molecule has 0 saturated carbocycles. The summed E-state index contributed by atoms with van der Waals surface area (Å²) < 4.78 is 4.97. The van der Waals surface area contributed by atoms with E-state index in [9.17, 15) is 9.90 Å². The lowest BCUT2D eigenvalue weighted by atomic mass is 10.0. The van der Waals surface area contributed by atoms with Gasteiger partial charge in [-0.05, 0) is 5.56 Å². The molecule has 3 nitrogen and oxygen atoms in total. The molecule has 1 saturated heterocycles. The first-order valence-corrected chi connectivity index (χ1v) is 4.20. The number of cyclic esters (lactones) is 1. The molecule has 0 aromatic heterocycles. The first kappa shape index (κ1) is 8.26. The number of ether oxygens (including phenoxy) is 1. The number of aliphatic hydroxyl groups excluding tert-OH is 1. The molecule has 0 bridgehead atoms. The molecule has 13 heavy (non-hydrogen) atoms. The molecule has 0 radical (unpaired) electrons. The van der Waals surface area contributed by atoms with E-state index in [1.807, 2.05) is 30.3 Å². The van der Waals surface area contributed by atoms with E-state index >= 15 is 0 Å². The van der Waals surface area contributed by atoms with E-state index in [-0.39, 0.29) is 12.4 Å². The van der Waals surface area contributed by atoms with Gasteiger partial charge in [-0.3, -0.25) is 4.79 Å². The molecule has 1 aromatic rings. The van der Waals surface area contributed by atoms with Crippen LogP contribution in [0.3, 0.4) is 0 Å². The molecule has 1 heterocycles. The fraction of sp³-hybridized carbons (Fsp3) is 0.300. The quantitative estimate of drug-likeness (QED) is 0.653. The predicted octanol–water partition coefficient (Wildman–Crippen LogP) is 1.04. The average Bonchev–Trinajstić information content (AvgIpc) is 2.47. The molecule has 0 spiro atoms. The van der Waals surface area contributed by atoms with Crippen molar-refractivity contribution in [1.29, 1.82) is 0 Å². The zero-order chi connectivity index (χ0) is 9.26. The Hall–Kier alpha value is -1.35. The Bertz CT molecular complexity index is 307. The Morgan fingerprint density at radius 3 is 2.54 bits per heavy atom. The summed E-state index contributed by atoms with van der Waals surface area (Å²) in [5.41, 5.74) is 0.848. The molecular formula is C10H10O3. The minimum absolute atomic E-state index is 0.0968. The van der Waals surface area contributed by atoms with Crippen LogP contribution >= 0.6 is 0 Å². The van der Waals surface area contributed by atoms with Crippen LogP contribution in [0, 0.1) is 0 Å². The summed E-state index contributed by atoms with van der Waals surface area (Å²) in [6.45, 7) is 0. The molecule has 3 heteroatoms. The normalized spacial score (nSPS) is 27.3. The van der Waals surface area contributed by atoms with E-state index in [0.717, 1.165) is 5.56 Å². The third kappa shape index (κ3) is 1.55. The van der Waals surface area contributed by atoms with Crippen LogP contribution in [-0.4, -0.2) is 17.2 Å². The Balaban J connectivity index is 2.23. The molecule has 0 amide bonds. The van der Waals surface area contributed by atoms with Crippen molar-refractivity contribution in [2.24, 2.45) is 0 Å². The molecule has 2 atom stereocenters. The Morgan fingerprint density at radius 1 is 1.31 bits per heavy atom. The van der Waals surface area contributed by atoms with Crippen molar-refractivity contribution in [3.63, 3.8) is 0 Å². The highest BCUT2D eigenvalue weighted by Gasteiger charge is 2.34. The number of carbonyl (C=O) groups excluding carboxylic acids is 1. The van der Waals surface area contributed by atoms with Gasteiger partial charge in [0.25, 0.3) is 0 Å². The van der Waals surface area contributed by atoms with Crippen molar-refractivity contribution in [2.75, 3.05) is 0 Å². The van der Waals surface area contributed by atoms with Crippen molar-refractivity contribution < 1.29 is 14.6 Å². The van der Waals surface area contributed by atoms with Gasteiger partial charge in [0.1, 0.15) is 6.10 Å². The molecule has 0 aliphatic carbocycles. The van der Waals surface area contributed by atoms with E-state index in [0.29, 0.717) is 0 Å². The lowest BCUT2D eigenvalue weighted by molar-refractivity contribution is -0.142. The van der Waals surface area contributed by atoms with Gasteiger partial charge in [0.05, 0.1) is 6.42 Å². The van der Waals surface area contributed by atoms with Gasteiger partial charge < -0.3 is 9.84 Å². The molecule has 68 valence electrons. The number of aliphatic hydroxyl groups is 1. The maximum Gasteiger partial charge on any atom is 0.309 e. The molecule has 1 fully saturated rings. The van der Waals surface area contributed by atoms with Crippen molar-refractivity contribution >= 4 is 5.97 Å². The zero-order valence-corrected chi connectivity index (χ0v) is 7.01. The van der Waals surface area contributed by atoms with Gasteiger partial charge in [0.15, 0.2) is 6.10 Å². The predicted molar refractivity (Wildman–Crippen MR) is 45.9 cm³/mol. The summed E-state index contributed by atoms with van der Waals surface area (Å²) in [5.74, 6) is -0.332. The average molecular weight is 178 g/mol. The monoisotopic (exact) mass is 178 g/mol. The summed E-state index contributed by atoms with van der Waals surface area (Å²) in [7, 11) is 0. The lowest BCUT2D eigenvalue weighted by Crippen LogP contribution is -2.11. The number of carbonyl (C=O) groups is 1. The Labute approximate surface area is 76.0 Å². The Morgan fingerprint density at radius 2 is 2.00 bits per heavy atom. The summed E-state index contributed by atoms with van der Waals surface area (Å²) in [5, 5.41) is 9.47. The van der Waals surface area contributed by atoms with Crippen LogP contribution in [0.1, 0.15) is 18.1 Å². The lowest BCUT2D eigenvalue weighted by Gasteiger charge is -2.12. The number of rotatable bonds is 1. The smallest absolute Gasteiger partial charge is 0.309 e. The highest BCUT2D eigenvalue weighted by atomic mass is 16.6. The maximum absolute atomic E-state index is 10.9. The highest BCUT2D eigenvalue weighted by molar-refractivity contribution is 5.72. The summed E-state index contributed by atoms with van der Waals surface area (Å²) >= 11 is 0. The van der Waals surface area contributed by atoms with Gasteiger partial charge in [-0.25, -0.2) is 0 Å². The minimum Gasteiger partial charge on any atom is -0.455 e. The second kappa shape index (κ2) is 3.18. The molecule has 1 aromatic carbocycles. The van der Waals surface area contributed by atoms with Gasteiger partial charge in [-0.15, -0.1) is 0 Å². The second-order valence-corrected chi connectivity index (χ2v) is 3.09. The number of benzene rings is 1. The fourth-order valence-corrected chi connectivity index (χ4v) is 1.48. The summed E-state index contributed by atoms with van der Waals surface area (Å²) in [6.07, 6.45) is -1.08. The van der Waals surface area contributed by atoms with Crippen LogP contribution in [0.4, 0.5) is 0 Å². The first-order valence-electron chi connectivity index (χ1n) is 4.20. The van der Waals surface area contributed by atoms with Gasteiger partial charge in [0.2, 0.25) is 0 Å². The Kier molecular flexibility index (Phi) is 2.02. The fourth-order valence-electron chi connectivity index (χ4n) is 1.48. The highest BCUT2D eigenvalue weighted by Crippen LogP contribution is 2.29. The minimum atomic E-state index is -0.699. The standard InChI is InChI=1S/C10H10O3/c11-8-6-9(12)13-10(8)7-4-2-1-3-5-7/h1-5,8,10-11H,6H2/t8-,10-/m0/s1. The third-order valence-corrected chi connectivity index (χ3v) is 2.11. The van der Waals surface area contributed by atoms with E-state index < -0.39 is 12.2 Å². The van der Waals surface area contributed by atoms with E-state index in [4.69, 9.17) is 4.74 Å². The SMILES string of the molecule is O=C1C[C@H](O)[C@H](c2ccccc2)O1. The third-order valence-electron chi connectivity index (χ3n) is 2.11. The van der Waals surface area contributed by atoms with Crippen LogP contribution in [0.25, 0.3) is 0 Å². The van der Waals surface area contributed by atoms with Gasteiger partial charge in [0, 0.05) is 0 Å². The molecule has 0 unspecified atom stereocenters. The van der Waals surface area contributed by atoms with Gasteiger partial charge in [-0.2, -0.15) is 0 Å². The van der Waals surface area contributed by atoms with Crippen LogP contribution in [0.2, 0.25) is 0 Å². The van der Waals surface area contributed by atoms with E-state index in [2.05, 4.69) is 0 Å². The summed E-state index contributed by atoms with van der Waals surface area (Å²) in [4.78, 5) is 10.9. The van der Waals surface area contributed by atoms with Gasteiger partial charge in [-0.1, -0.05) is 30.3 Å². The molecule has 1 N–H and O–H groups in total.